The van der Waals surface area contributed by atoms with E-state index in [2.05, 4.69) is 0 Å². The highest BCUT2D eigenvalue weighted by Gasteiger charge is 2.42. The fraction of sp³-hybridized carbons (Fsp3) is 0.714. The monoisotopic (exact) mass is 349 g/mol. The van der Waals surface area contributed by atoms with Gasteiger partial charge in [-0.15, -0.1) is 11.3 Å². The van der Waals surface area contributed by atoms with Crippen LogP contribution in [-0.2, 0) is 27.2 Å². The normalized spacial score (nSPS) is 23.2. The zero-order chi connectivity index (χ0) is 15.5. The van der Waals surface area contributed by atoms with E-state index in [0.29, 0.717) is 25.3 Å². The van der Waals surface area contributed by atoms with Gasteiger partial charge in [0.2, 0.25) is 10.0 Å². The molecule has 0 bridgehead atoms. The summed E-state index contributed by atoms with van der Waals surface area (Å²) in [5.41, 5.74) is 0. The van der Waals surface area contributed by atoms with Crippen LogP contribution in [0.2, 0.25) is 0 Å². The molecule has 1 aliphatic heterocycles. The maximum atomic E-state index is 12.5. The summed E-state index contributed by atoms with van der Waals surface area (Å²) in [4.78, 5) is 1.09. The minimum atomic E-state index is -3.27. The summed E-state index contributed by atoms with van der Waals surface area (Å²) in [6, 6.07) is 3.91. The van der Waals surface area contributed by atoms with Crippen molar-refractivity contribution in [2.45, 2.75) is 37.9 Å². The van der Waals surface area contributed by atoms with Crippen molar-refractivity contribution in [3.8, 4) is 0 Å². The quantitative estimate of drug-likeness (QED) is 0.791. The first-order valence-corrected chi connectivity index (χ1v) is 11.1. The Morgan fingerprint density at radius 3 is 2.67 bits per heavy atom. The zero-order valence-electron chi connectivity index (χ0n) is 12.6. The van der Waals surface area contributed by atoms with E-state index in [1.54, 1.807) is 15.6 Å². The highest BCUT2D eigenvalue weighted by atomic mass is 32.2. The standard InChI is InChI=1S/C14H23NO3S3/c1-3-14(4-2)12-15(8-10-20(14)16)21(17,18)11-7-13-6-5-9-19-13/h5-6,9H,3-4,7-8,10-12H2,1-2H3. The molecule has 120 valence electrons. The topological polar surface area (TPSA) is 54.5 Å². The molecule has 4 nitrogen and oxygen atoms in total. The molecule has 1 atom stereocenters. The van der Waals surface area contributed by atoms with E-state index in [1.165, 1.54) is 0 Å². The summed E-state index contributed by atoms with van der Waals surface area (Å²) >= 11 is 1.59. The number of thiophene rings is 1. The summed E-state index contributed by atoms with van der Waals surface area (Å²) in [5, 5.41) is 1.96. The van der Waals surface area contributed by atoms with E-state index in [0.717, 1.165) is 17.7 Å². The first-order chi connectivity index (χ1) is 9.93. The molecule has 0 aromatic carbocycles. The molecule has 1 unspecified atom stereocenters. The molecule has 2 heterocycles. The molecule has 0 amide bonds. The second-order valence-electron chi connectivity index (χ2n) is 5.42. The van der Waals surface area contributed by atoms with Gasteiger partial charge in [-0.3, -0.25) is 4.21 Å². The maximum Gasteiger partial charge on any atom is 0.214 e. The average Bonchev–Trinajstić information content (AvgIpc) is 2.99. The van der Waals surface area contributed by atoms with Gasteiger partial charge in [0.1, 0.15) is 0 Å². The zero-order valence-corrected chi connectivity index (χ0v) is 15.0. The smallest absolute Gasteiger partial charge is 0.214 e. The van der Waals surface area contributed by atoms with Crippen molar-refractivity contribution in [2.24, 2.45) is 0 Å². The van der Waals surface area contributed by atoms with Gasteiger partial charge in [-0.25, -0.2) is 8.42 Å². The third-order valence-corrected chi connectivity index (χ3v) is 9.32. The number of hydrogen-bond donors (Lipinski definition) is 0. The predicted octanol–water partition coefficient (Wildman–Crippen LogP) is 2.24. The summed E-state index contributed by atoms with van der Waals surface area (Å²) in [6.07, 6.45) is 2.07. The van der Waals surface area contributed by atoms with Gasteiger partial charge in [0, 0.05) is 34.5 Å². The van der Waals surface area contributed by atoms with Crippen LogP contribution < -0.4 is 0 Å². The molecule has 2 rings (SSSR count). The van der Waals surface area contributed by atoms with Crippen molar-refractivity contribution in [2.75, 3.05) is 24.6 Å². The summed E-state index contributed by atoms with van der Waals surface area (Å²) in [7, 11) is -4.20. The van der Waals surface area contributed by atoms with Crippen LogP contribution in [0.15, 0.2) is 17.5 Å². The molecule has 1 aromatic heterocycles. The van der Waals surface area contributed by atoms with Crippen LogP contribution >= 0.6 is 11.3 Å². The molecule has 0 N–H and O–H groups in total. The van der Waals surface area contributed by atoms with Gasteiger partial charge in [-0.1, -0.05) is 19.9 Å². The molecular weight excluding hydrogens is 326 g/mol. The number of hydrogen-bond acceptors (Lipinski definition) is 4. The van der Waals surface area contributed by atoms with E-state index >= 15 is 0 Å². The van der Waals surface area contributed by atoms with Crippen LogP contribution in [0.3, 0.4) is 0 Å². The molecule has 1 saturated heterocycles. The lowest BCUT2D eigenvalue weighted by Crippen LogP contribution is -2.55. The Labute approximate surface area is 134 Å². The van der Waals surface area contributed by atoms with Gasteiger partial charge in [-0.05, 0) is 30.7 Å². The molecule has 1 aliphatic rings. The fourth-order valence-electron chi connectivity index (χ4n) is 2.72. The second kappa shape index (κ2) is 6.89. The summed E-state index contributed by atoms with van der Waals surface area (Å²) in [6.45, 7) is 4.80. The molecular formula is C14H23NO3S3. The minimum Gasteiger partial charge on any atom is -0.259 e. The van der Waals surface area contributed by atoms with E-state index in [-0.39, 0.29) is 10.5 Å². The van der Waals surface area contributed by atoms with E-state index in [4.69, 9.17) is 0 Å². The van der Waals surface area contributed by atoms with Crippen LogP contribution in [0.1, 0.15) is 31.6 Å². The second-order valence-corrected chi connectivity index (χ2v) is 10.5. The average molecular weight is 350 g/mol. The third-order valence-electron chi connectivity index (χ3n) is 4.34. The van der Waals surface area contributed by atoms with Crippen molar-refractivity contribution < 1.29 is 12.6 Å². The maximum absolute atomic E-state index is 12.5. The van der Waals surface area contributed by atoms with Gasteiger partial charge in [0.05, 0.1) is 10.5 Å². The molecule has 0 spiro atoms. The minimum absolute atomic E-state index is 0.143. The summed E-state index contributed by atoms with van der Waals surface area (Å²) in [5.74, 6) is 0.601. The lowest BCUT2D eigenvalue weighted by atomic mass is 10.0. The van der Waals surface area contributed by atoms with Crippen molar-refractivity contribution in [3.63, 3.8) is 0 Å². The molecule has 1 aromatic rings. The van der Waals surface area contributed by atoms with Gasteiger partial charge in [0.25, 0.3) is 0 Å². The van der Waals surface area contributed by atoms with Crippen LogP contribution in [0.4, 0.5) is 0 Å². The predicted molar refractivity (Wildman–Crippen MR) is 89.7 cm³/mol. The number of rotatable bonds is 6. The van der Waals surface area contributed by atoms with Crippen molar-refractivity contribution in [1.29, 1.82) is 0 Å². The van der Waals surface area contributed by atoms with Crippen molar-refractivity contribution >= 4 is 32.2 Å². The number of aryl methyl sites for hydroxylation is 1. The van der Waals surface area contributed by atoms with Crippen LogP contribution in [0.25, 0.3) is 0 Å². The van der Waals surface area contributed by atoms with Crippen molar-refractivity contribution in [1.82, 2.24) is 4.31 Å². The summed E-state index contributed by atoms with van der Waals surface area (Å²) < 4.78 is 38.6. The fourth-order valence-corrected chi connectivity index (χ4v) is 7.07. The highest BCUT2D eigenvalue weighted by molar-refractivity contribution is 7.89. The molecule has 0 radical (unpaired) electrons. The van der Waals surface area contributed by atoms with E-state index in [1.807, 2.05) is 31.4 Å². The first kappa shape index (κ1) is 17.1. The first-order valence-electron chi connectivity index (χ1n) is 7.32. The van der Waals surface area contributed by atoms with Crippen LogP contribution in [0, 0.1) is 0 Å². The third kappa shape index (κ3) is 3.75. The molecule has 1 fully saturated rings. The molecule has 0 saturated carbocycles. The molecule has 7 heteroatoms. The van der Waals surface area contributed by atoms with Crippen LogP contribution in [-0.4, -0.2) is 46.3 Å². The Morgan fingerprint density at radius 1 is 1.38 bits per heavy atom. The lowest BCUT2D eigenvalue weighted by Gasteiger charge is -2.40. The van der Waals surface area contributed by atoms with Crippen LogP contribution in [0.5, 0.6) is 0 Å². The molecule has 0 aliphatic carbocycles. The Kier molecular flexibility index (Phi) is 5.62. The van der Waals surface area contributed by atoms with E-state index in [9.17, 15) is 12.6 Å². The van der Waals surface area contributed by atoms with Gasteiger partial charge < -0.3 is 0 Å². The largest absolute Gasteiger partial charge is 0.259 e. The van der Waals surface area contributed by atoms with Gasteiger partial charge in [-0.2, -0.15) is 4.31 Å². The SMILES string of the molecule is CCC1(CC)CN(S(=O)(=O)CCc2cccs2)CCS1=O. The van der Waals surface area contributed by atoms with Gasteiger partial charge in [0.15, 0.2) is 0 Å². The van der Waals surface area contributed by atoms with E-state index < -0.39 is 20.8 Å². The van der Waals surface area contributed by atoms with Crippen molar-refractivity contribution in [3.05, 3.63) is 22.4 Å². The Bertz CT molecular complexity index is 577. The Hall–Kier alpha value is -0.240. The van der Waals surface area contributed by atoms with Gasteiger partial charge >= 0.3 is 0 Å². The number of nitrogens with zero attached hydrogens (tertiary/aromatic N) is 1. The Balaban J connectivity index is 2.07. The number of sulfonamides is 1. The lowest BCUT2D eigenvalue weighted by molar-refractivity contribution is 0.343. The highest BCUT2D eigenvalue weighted by Crippen LogP contribution is 2.30. The molecule has 21 heavy (non-hydrogen) atoms. The Morgan fingerprint density at radius 2 is 2.10 bits per heavy atom.